The highest BCUT2D eigenvalue weighted by Crippen LogP contribution is 2.25. The van der Waals surface area contributed by atoms with Gasteiger partial charge in [0.05, 0.1) is 16.0 Å². The van der Waals surface area contributed by atoms with E-state index in [9.17, 15) is 8.42 Å². The first kappa shape index (κ1) is 15.9. The Kier molecular flexibility index (Phi) is 4.56. The second kappa shape index (κ2) is 6.61. The summed E-state index contributed by atoms with van der Waals surface area (Å²) in [6.45, 7) is 0.499. The maximum absolute atomic E-state index is 11.8. The maximum atomic E-state index is 11.8. The topological polar surface area (TPSA) is 84.0 Å². The summed E-state index contributed by atoms with van der Waals surface area (Å²) in [5.41, 5.74) is 2.60. The average Bonchev–Trinajstić information content (AvgIpc) is 3.03. The Morgan fingerprint density at radius 1 is 1.13 bits per heavy atom. The van der Waals surface area contributed by atoms with Crippen molar-refractivity contribution in [3.63, 3.8) is 0 Å². The Balaban J connectivity index is 1.82. The molecule has 3 aromatic rings. The van der Waals surface area contributed by atoms with Crippen molar-refractivity contribution in [1.82, 2.24) is 14.7 Å². The van der Waals surface area contributed by atoms with Crippen LogP contribution in [0.2, 0.25) is 0 Å². The Morgan fingerprint density at radius 2 is 1.91 bits per heavy atom. The number of nitrogens with one attached hydrogen (secondary N) is 2. The zero-order chi connectivity index (χ0) is 16.3. The molecule has 6 nitrogen and oxygen atoms in total. The molecule has 0 bridgehead atoms. The third-order valence-electron chi connectivity index (χ3n) is 3.46. The van der Waals surface area contributed by atoms with E-state index >= 15 is 0 Å². The number of anilines is 1. The largest absolute Gasteiger partial charge is 0.365 e. The van der Waals surface area contributed by atoms with Gasteiger partial charge in [0.15, 0.2) is 0 Å². The summed E-state index contributed by atoms with van der Waals surface area (Å²) in [5, 5.41) is 5.25. The van der Waals surface area contributed by atoms with Crippen LogP contribution in [0, 0.1) is 0 Å². The fourth-order valence-corrected chi connectivity index (χ4v) is 3.89. The lowest BCUT2D eigenvalue weighted by Crippen LogP contribution is -2.21. The van der Waals surface area contributed by atoms with Crippen molar-refractivity contribution in [2.45, 2.75) is 12.3 Å². The van der Waals surface area contributed by atoms with Crippen LogP contribution in [0.5, 0.6) is 0 Å². The van der Waals surface area contributed by atoms with Gasteiger partial charge in [-0.2, -0.15) is 0 Å². The second-order valence-corrected chi connectivity index (χ2v) is 7.79. The van der Waals surface area contributed by atoms with Crippen molar-refractivity contribution in [3.8, 4) is 0 Å². The Hall–Kier alpha value is -2.03. The van der Waals surface area contributed by atoms with Crippen molar-refractivity contribution >= 4 is 37.4 Å². The van der Waals surface area contributed by atoms with Gasteiger partial charge in [-0.1, -0.05) is 24.3 Å². The van der Waals surface area contributed by atoms with Gasteiger partial charge < -0.3 is 5.32 Å². The minimum Gasteiger partial charge on any atom is -0.365 e. The highest BCUT2D eigenvalue weighted by molar-refractivity contribution is 7.88. The molecule has 2 aromatic heterocycles. The van der Waals surface area contributed by atoms with Crippen LogP contribution >= 0.6 is 11.3 Å². The Morgan fingerprint density at radius 3 is 2.70 bits per heavy atom. The minimum absolute atomic E-state index is 0.0421. The van der Waals surface area contributed by atoms with Crippen molar-refractivity contribution in [1.29, 1.82) is 0 Å². The van der Waals surface area contributed by atoms with Gasteiger partial charge in [0.2, 0.25) is 10.0 Å². The molecule has 0 saturated carbocycles. The van der Waals surface area contributed by atoms with E-state index in [-0.39, 0.29) is 5.75 Å². The van der Waals surface area contributed by atoms with E-state index in [2.05, 4.69) is 20.0 Å². The summed E-state index contributed by atoms with van der Waals surface area (Å²) in [4.78, 5) is 8.48. The third-order valence-corrected chi connectivity index (χ3v) is 5.69. The van der Waals surface area contributed by atoms with Gasteiger partial charge in [0, 0.05) is 6.54 Å². The molecular formula is C15H16N4O2S2. The van der Waals surface area contributed by atoms with Crippen LogP contribution in [0.3, 0.4) is 0 Å². The molecule has 0 unspecified atom stereocenters. The van der Waals surface area contributed by atoms with Crippen molar-refractivity contribution in [2.24, 2.45) is 0 Å². The fraction of sp³-hybridized carbons (Fsp3) is 0.200. The van der Waals surface area contributed by atoms with Crippen LogP contribution in [-0.4, -0.2) is 25.4 Å². The number of aromatic nitrogens is 2. The number of thiophene rings is 1. The van der Waals surface area contributed by atoms with Gasteiger partial charge in [0.1, 0.15) is 12.1 Å². The Labute approximate surface area is 138 Å². The zero-order valence-electron chi connectivity index (χ0n) is 12.5. The summed E-state index contributed by atoms with van der Waals surface area (Å²) < 4.78 is 26.9. The molecule has 0 saturated heterocycles. The third kappa shape index (κ3) is 3.66. The fourth-order valence-electron chi connectivity index (χ4n) is 2.24. The number of sulfonamides is 1. The highest BCUT2D eigenvalue weighted by Gasteiger charge is 2.12. The molecule has 1 aromatic carbocycles. The smallest absolute Gasteiger partial charge is 0.215 e. The van der Waals surface area contributed by atoms with Gasteiger partial charge in [-0.3, -0.25) is 0 Å². The van der Waals surface area contributed by atoms with Crippen molar-refractivity contribution in [3.05, 3.63) is 53.2 Å². The van der Waals surface area contributed by atoms with Crippen LogP contribution in [0.4, 0.5) is 5.82 Å². The summed E-state index contributed by atoms with van der Waals surface area (Å²) in [5.74, 6) is 0.718. The Bertz CT molecular complexity index is 922. The van der Waals surface area contributed by atoms with E-state index in [0.29, 0.717) is 6.54 Å². The molecule has 120 valence electrons. The van der Waals surface area contributed by atoms with E-state index in [0.717, 1.165) is 27.2 Å². The molecule has 8 heteroatoms. The first-order chi connectivity index (χ1) is 11.1. The lowest BCUT2D eigenvalue weighted by molar-refractivity contribution is 0.587. The van der Waals surface area contributed by atoms with Gasteiger partial charge in [-0.15, -0.1) is 11.3 Å². The quantitative estimate of drug-likeness (QED) is 0.714. The van der Waals surface area contributed by atoms with Crippen molar-refractivity contribution < 1.29 is 8.42 Å². The molecule has 23 heavy (non-hydrogen) atoms. The van der Waals surface area contributed by atoms with Crippen LogP contribution in [0.25, 0.3) is 10.2 Å². The van der Waals surface area contributed by atoms with Gasteiger partial charge >= 0.3 is 0 Å². The summed E-state index contributed by atoms with van der Waals surface area (Å²) >= 11 is 1.57. The normalized spacial score (nSPS) is 11.7. The molecule has 0 atom stereocenters. The van der Waals surface area contributed by atoms with Crippen LogP contribution in [0.1, 0.15) is 11.1 Å². The average molecular weight is 348 g/mol. The van der Waals surface area contributed by atoms with E-state index in [1.54, 1.807) is 11.3 Å². The number of fused-ring (bicyclic) bond motifs is 1. The van der Waals surface area contributed by atoms with Crippen molar-refractivity contribution in [2.75, 3.05) is 12.4 Å². The SMILES string of the molecule is CNS(=O)(=O)Cc1ccccc1CNc1ncnc2ccsc12. The minimum atomic E-state index is -3.31. The van der Waals surface area contributed by atoms with E-state index < -0.39 is 10.0 Å². The number of rotatable bonds is 6. The molecule has 0 aliphatic carbocycles. The first-order valence-electron chi connectivity index (χ1n) is 6.99. The molecule has 0 amide bonds. The predicted molar refractivity (Wildman–Crippen MR) is 92.9 cm³/mol. The van der Waals surface area contributed by atoms with E-state index in [1.165, 1.54) is 13.4 Å². The summed E-state index contributed by atoms with van der Waals surface area (Å²) in [6, 6.07) is 9.42. The lowest BCUT2D eigenvalue weighted by Gasteiger charge is -2.11. The molecule has 0 aliphatic rings. The number of hydrogen-bond acceptors (Lipinski definition) is 6. The van der Waals surface area contributed by atoms with E-state index in [1.807, 2.05) is 35.7 Å². The molecule has 2 heterocycles. The monoisotopic (exact) mass is 348 g/mol. The number of benzene rings is 1. The van der Waals surface area contributed by atoms with Crippen LogP contribution in [0.15, 0.2) is 42.0 Å². The first-order valence-corrected chi connectivity index (χ1v) is 9.52. The maximum Gasteiger partial charge on any atom is 0.215 e. The molecule has 0 aliphatic heterocycles. The van der Waals surface area contributed by atoms with Crippen LogP contribution in [-0.2, 0) is 22.3 Å². The second-order valence-electron chi connectivity index (χ2n) is 4.94. The molecule has 0 fully saturated rings. The molecule has 2 N–H and O–H groups in total. The van der Waals surface area contributed by atoms with Gasteiger partial charge in [-0.25, -0.2) is 23.1 Å². The molecule has 3 rings (SSSR count). The number of nitrogens with zero attached hydrogens (tertiary/aromatic N) is 2. The summed E-state index contributed by atoms with van der Waals surface area (Å²) in [6.07, 6.45) is 1.52. The lowest BCUT2D eigenvalue weighted by atomic mass is 10.1. The zero-order valence-corrected chi connectivity index (χ0v) is 14.1. The highest BCUT2D eigenvalue weighted by atomic mass is 32.2. The van der Waals surface area contributed by atoms with Gasteiger partial charge in [0.25, 0.3) is 0 Å². The standard InChI is InChI=1S/C15H16N4O2S2/c1-16-23(20,21)9-12-5-3-2-4-11(12)8-17-15-14-13(6-7-22-14)18-10-19-15/h2-7,10,16H,8-9H2,1H3,(H,17,18,19). The predicted octanol–water partition coefficient (Wildman–Crippen LogP) is 2.35. The summed E-state index contributed by atoms with van der Waals surface area (Å²) in [7, 11) is -1.88. The molecule has 0 radical (unpaired) electrons. The molecule has 0 spiro atoms. The van der Waals surface area contributed by atoms with Gasteiger partial charge in [-0.05, 0) is 29.6 Å². The molecular weight excluding hydrogens is 332 g/mol. The van der Waals surface area contributed by atoms with Crippen LogP contribution < -0.4 is 10.0 Å². The van der Waals surface area contributed by atoms with E-state index in [4.69, 9.17) is 0 Å². The number of hydrogen-bond donors (Lipinski definition) is 2.